The van der Waals surface area contributed by atoms with Crippen LogP contribution in [-0.2, 0) is 6.54 Å². The molecular formula is C25H20ClF9N6O2. The molecule has 0 amide bonds. The zero-order valence-electron chi connectivity index (χ0n) is 21.6. The van der Waals surface area contributed by atoms with Crippen molar-refractivity contribution in [1.29, 1.82) is 0 Å². The van der Waals surface area contributed by atoms with Crippen LogP contribution < -0.4 is 5.69 Å². The van der Waals surface area contributed by atoms with E-state index in [1.54, 1.807) is 6.07 Å². The number of hydrogen-bond donors (Lipinski definition) is 0. The van der Waals surface area contributed by atoms with Crippen molar-refractivity contribution in [3.63, 3.8) is 0 Å². The van der Waals surface area contributed by atoms with Crippen molar-refractivity contribution in [2.75, 3.05) is 19.6 Å². The Morgan fingerprint density at radius 2 is 1.67 bits per heavy atom. The molecule has 5 rings (SSSR count). The van der Waals surface area contributed by atoms with Gasteiger partial charge in [-0.05, 0) is 43.2 Å². The number of imidazole rings is 1. The Hall–Kier alpha value is -3.60. The molecule has 1 fully saturated rings. The summed E-state index contributed by atoms with van der Waals surface area (Å²) in [4.78, 5) is 18.7. The number of rotatable bonds is 8. The Morgan fingerprint density at radius 1 is 0.977 bits per heavy atom. The molecule has 4 heterocycles. The molecular weight excluding hydrogens is 623 g/mol. The van der Waals surface area contributed by atoms with E-state index >= 15 is 0 Å². The highest BCUT2D eigenvalue weighted by molar-refractivity contribution is 6.31. The van der Waals surface area contributed by atoms with Gasteiger partial charge >= 0.3 is 30.1 Å². The van der Waals surface area contributed by atoms with Crippen LogP contribution in [0.1, 0.15) is 36.9 Å². The molecule has 0 N–H and O–H groups in total. The van der Waals surface area contributed by atoms with Crippen LogP contribution in [0.15, 0.2) is 45.7 Å². The van der Waals surface area contributed by atoms with Crippen LogP contribution in [0.5, 0.6) is 0 Å². The first-order valence-corrected chi connectivity index (χ1v) is 13.0. The molecule has 3 aromatic heterocycles. The maximum absolute atomic E-state index is 13.9. The minimum atomic E-state index is -6.41. The average Bonchev–Trinajstić information content (AvgIpc) is 3.53. The Bertz CT molecular complexity index is 1660. The Morgan fingerprint density at radius 3 is 2.26 bits per heavy atom. The number of fused-ring (bicyclic) bond motifs is 1. The minimum Gasteiger partial charge on any atom is -0.415 e. The van der Waals surface area contributed by atoms with Crippen LogP contribution in [0.3, 0.4) is 0 Å². The standard InChI is InChI=1S/C25H20ClF9N6O2/c26-14-2-4-17-18(9-14)40(11-15-3-1-13(10-36-15)20-37-38-21(43-20)19(27)28)22(42)41(17)16-5-7-39(8-6-16)12-23(29,30)24(31,32)25(33,34)35/h1-4,9-10,16,19H,5-8,11-12H2. The van der Waals surface area contributed by atoms with Gasteiger partial charge in [0.2, 0.25) is 5.89 Å². The van der Waals surface area contributed by atoms with E-state index in [1.165, 1.54) is 39.6 Å². The lowest BCUT2D eigenvalue weighted by Gasteiger charge is -2.36. The molecule has 232 valence electrons. The van der Waals surface area contributed by atoms with Gasteiger partial charge in [-0.2, -0.15) is 39.5 Å². The van der Waals surface area contributed by atoms with Crippen molar-refractivity contribution in [2.45, 2.75) is 49.9 Å². The lowest BCUT2D eigenvalue weighted by atomic mass is 10.0. The van der Waals surface area contributed by atoms with E-state index in [2.05, 4.69) is 15.2 Å². The van der Waals surface area contributed by atoms with Crippen molar-refractivity contribution in [3.05, 3.63) is 63.6 Å². The van der Waals surface area contributed by atoms with Crippen LogP contribution in [-0.4, -0.2) is 66.9 Å². The third kappa shape index (κ3) is 5.83. The number of pyridine rings is 1. The Labute approximate surface area is 240 Å². The lowest BCUT2D eigenvalue weighted by Crippen LogP contribution is -2.57. The number of nitrogens with zero attached hydrogens (tertiary/aromatic N) is 6. The SMILES string of the molecule is O=c1n(Cc2ccc(-c3nnc(C(F)F)o3)cn2)c2cc(Cl)ccc2n1C1CCN(CC(F)(F)C(F)(F)C(F)(F)F)CC1. The molecule has 0 saturated carbocycles. The summed E-state index contributed by atoms with van der Waals surface area (Å²) >= 11 is 6.17. The second kappa shape index (κ2) is 11.2. The number of piperidine rings is 1. The molecule has 0 unspecified atom stereocenters. The predicted molar refractivity (Wildman–Crippen MR) is 133 cm³/mol. The van der Waals surface area contributed by atoms with E-state index in [0.717, 1.165) is 4.90 Å². The molecule has 0 bridgehead atoms. The third-order valence-electron chi connectivity index (χ3n) is 7.10. The summed E-state index contributed by atoms with van der Waals surface area (Å²) in [6.45, 7) is -2.38. The fourth-order valence-corrected chi connectivity index (χ4v) is 5.09. The quantitative estimate of drug-likeness (QED) is 0.208. The van der Waals surface area contributed by atoms with Gasteiger partial charge in [-0.25, -0.2) is 4.79 Å². The maximum atomic E-state index is 13.9. The van der Waals surface area contributed by atoms with Gasteiger partial charge in [0.1, 0.15) is 0 Å². The van der Waals surface area contributed by atoms with E-state index in [1.807, 2.05) is 0 Å². The molecule has 0 radical (unpaired) electrons. The predicted octanol–water partition coefficient (Wildman–Crippen LogP) is 6.36. The summed E-state index contributed by atoms with van der Waals surface area (Å²) < 4.78 is 125. The number of benzene rings is 1. The largest absolute Gasteiger partial charge is 0.459 e. The van der Waals surface area contributed by atoms with Gasteiger partial charge in [0.05, 0.1) is 35.4 Å². The minimum absolute atomic E-state index is 0.0209. The van der Waals surface area contributed by atoms with Gasteiger partial charge < -0.3 is 4.42 Å². The summed E-state index contributed by atoms with van der Waals surface area (Å²) in [5.74, 6) is -12.6. The fraction of sp³-hybridized carbons (Fsp3) is 0.440. The number of likely N-dealkylation sites (tertiary alicyclic amines) is 1. The van der Waals surface area contributed by atoms with Crippen molar-refractivity contribution in [1.82, 2.24) is 29.2 Å². The fourth-order valence-electron chi connectivity index (χ4n) is 4.93. The summed E-state index contributed by atoms with van der Waals surface area (Å²) in [6, 6.07) is 7.05. The molecule has 1 aromatic carbocycles. The van der Waals surface area contributed by atoms with Gasteiger partial charge in [0.15, 0.2) is 0 Å². The number of halogens is 10. The molecule has 18 heteroatoms. The molecule has 0 aliphatic carbocycles. The smallest absolute Gasteiger partial charge is 0.415 e. The maximum Gasteiger partial charge on any atom is 0.459 e. The highest BCUT2D eigenvalue weighted by atomic mass is 35.5. The van der Waals surface area contributed by atoms with Gasteiger partial charge in [0, 0.05) is 30.4 Å². The van der Waals surface area contributed by atoms with Gasteiger partial charge in [-0.3, -0.25) is 19.0 Å². The summed E-state index contributed by atoms with van der Waals surface area (Å²) in [6.07, 6.45) is -8.02. The number of hydrogen-bond acceptors (Lipinski definition) is 6. The molecule has 4 aromatic rings. The van der Waals surface area contributed by atoms with Crippen LogP contribution in [0.4, 0.5) is 39.5 Å². The van der Waals surface area contributed by atoms with E-state index in [-0.39, 0.29) is 43.9 Å². The zero-order valence-corrected chi connectivity index (χ0v) is 22.4. The van der Waals surface area contributed by atoms with E-state index in [9.17, 15) is 44.3 Å². The number of aromatic nitrogens is 5. The summed E-state index contributed by atoms with van der Waals surface area (Å²) in [7, 11) is 0. The third-order valence-corrected chi connectivity index (χ3v) is 7.34. The lowest BCUT2D eigenvalue weighted by molar-refractivity contribution is -0.356. The van der Waals surface area contributed by atoms with E-state index < -0.39 is 48.6 Å². The van der Waals surface area contributed by atoms with Crippen LogP contribution in [0, 0.1) is 0 Å². The van der Waals surface area contributed by atoms with E-state index in [4.69, 9.17) is 16.0 Å². The zero-order chi connectivity index (χ0) is 31.3. The molecule has 0 atom stereocenters. The van der Waals surface area contributed by atoms with Gasteiger partial charge in [-0.1, -0.05) is 11.6 Å². The van der Waals surface area contributed by atoms with Crippen molar-refractivity contribution in [3.8, 4) is 11.5 Å². The van der Waals surface area contributed by atoms with Crippen LogP contribution >= 0.6 is 11.6 Å². The van der Waals surface area contributed by atoms with Crippen molar-refractivity contribution in [2.24, 2.45) is 0 Å². The molecule has 1 saturated heterocycles. The monoisotopic (exact) mass is 642 g/mol. The first kappa shape index (κ1) is 30.8. The normalized spacial score (nSPS) is 16.1. The van der Waals surface area contributed by atoms with Crippen molar-refractivity contribution < 1.29 is 43.9 Å². The second-order valence-corrected chi connectivity index (χ2v) is 10.4. The highest BCUT2D eigenvalue weighted by Crippen LogP contribution is 2.47. The second-order valence-electron chi connectivity index (χ2n) is 9.94. The molecule has 1 aliphatic rings. The average molecular weight is 643 g/mol. The van der Waals surface area contributed by atoms with Crippen molar-refractivity contribution >= 4 is 22.6 Å². The van der Waals surface area contributed by atoms with Gasteiger partial charge in [-0.15, -0.1) is 10.2 Å². The topological polar surface area (TPSA) is 82.0 Å². The number of alkyl halides is 9. The summed E-state index contributed by atoms with van der Waals surface area (Å²) in [5.41, 5.74) is 0.950. The molecule has 43 heavy (non-hydrogen) atoms. The molecule has 8 nitrogen and oxygen atoms in total. The Balaban J connectivity index is 1.36. The van der Waals surface area contributed by atoms with E-state index in [0.29, 0.717) is 21.7 Å². The first-order chi connectivity index (χ1) is 20.1. The van der Waals surface area contributed by atoms with Crippen LogP contribution in [0.25, 0.3) is 22.5 Å². The highest BCUT2D eigenvalue weighted by Gasteiger charge is 2.73. The molecule has 1 aliphatic heterocycles. The summed E-state index contributed by atoms with van der Waals surface area (Å²) in [5, 5.41) is 7.10. The Kier molecular flexibility index (Phi) is 8.00. The first-order valence-electron chi connectivity index (χ1n) is 12.6. The van der Waals surface area contributed by atoms with Gasteiger partial charge in [0.25, 0.3) is 5.89 Å². The van der Waals surface area contributed by atoms with Crippen LogP contribution in [0.2, 0.25) is 5.02 Å². The molecule has 0 spiro atoms.